The number of aromatic amines is 1. The topological polar surface area (TPSA) is 98.3 Å². The van der Waals surface area contributed by atoms with Gasteiger partial charge >= 0.3 is 0 Å². The number of nitro benzene ring substituents is 1. The molecule has 0 atom stereocenters. The van der Waals surface area contributed by atoms with Crippen LogP contribution in [0.15, 0.2) is 65.8 Å². The van der Waals surface area contributed by atoms with Gasteiger partial charge in [-0.05, 0) is 53.7 Å². The maximum absolute atomic E-state index is 10.8. The minimum Gasteiger partial charge on any atom is -0.488 e. The van der Waals surface area contributed by atoms with Crippen LogP contribution in [0, 0.1) is 21.8 Å². The van der Waals surface area contributed by atoms with Gasteiger partial charge in [-0.25, -0.2) is 0 Å². The summed E-state index contributed by atoms with van der Waals surface area (Å²) in [5.74, 6) is 1.29. The molecule has 1 heterocycles. The van der Waals surface area contributed by atoms with Crippen molar-refractivity contribution >= 4 is 34.9 Å². The van der Waals surface area contributed by atoms with Gasteiger partial charge in [0.1, 0.15) is 18.2 Å². The lowest BCUT2D eigenvalue weighted by atomic mass is 10.0. The zero-order chi connectivity index (χ0) is 21.1. The van der Waals surface area contributed by atoms with Crippen LogP contribution in [0.1, 0.15) is 17.0 Å². The summed E-state index contributed by atoms with van der Waals surface area (Å²) in [5.41, 5.74) is 1.67. The normalized spacial score (nSPS) is 11.2. The Labute approximate surface area is 176 Å². The van der Waals surface area contributed by atoms with Crippen molar-refractivity contribution in [3.8, 4) is 5.75 Å². The van der Waals surface area contributed by atoms with Gasteiger partial charge in [0.15, 0.2) is 0 Å². The Kier molecular flexibility index (Phi) is 5.36. The molecule has 8 nitrogen and oxygen atoms in total. The van der Waals surface area contributed by atoms with Crippen molar-refractivity contribution in [2.24, 2.45) is 5.10 Å². The standard InChI is InChI=1S/C21H17N5O3S/c1-14-23-24-21(30)25(14)22-12-19-18-5-3-2-4-16(18)8-11-20(19)29-13-15-6-9-17(10-7-15)26(27)28/h2-12H,13H2,1H3,(H,24,30)/b22-12-. The molecule has 4 aromatic rings. The van der Waals surface area contributed by atoms with Crippen molar-refractivity contribution in [3.63, 3.8) is 0 Å². The third-order valence-electron chi connectivity index (χ3n) is 4.59. The Morgan fingerprint density at radius 2 is 1.97 bits per heavy atom. The van der Waals surface area contributed by atoms with Crippen molar-refractivity contribution in [1.82, 2.24) is 14.9 Å². The van der Waals surface area contributed by atoms with Crippen molar-refractivity contribution < 1.29 is 9.66 Å². The SMILES string of the molecule is Cc1n[nH]c(=S)n1/N=C\c1c(OCc2ccc([N+](=O)[O-])cc2)ccc2ccccc12. The molecule has 0 saturated carbocycles. The van der Waals surface area contributed by atoms with Gasteiger partial charge in [0.2, 0.25) is 4.77 Å². The molecular formula is C21H17N5O3S. The summed E-state index contributed by atoms with van der Waals surface area (Å²) in [6.45, 7) is 2.07. The van der Waals surface area contributed by atoms with E-state index in [1.165, 1.54) is 16.8 Å². The summed E-state index contributed by atoms with van der Waals surface area (Å²) >= 11 is 5.21. The number of ether oxygens (including phenoxy) is 1. The van der Waals surface area contributed by atoms with E-state index < -0.39 is 4.92 Å². The smallest absolute Gasteiger partial charge is 0.269 e. The zero-order valence-corrected chi connectivity index (χ0v) is 16.8. The monoisotopic (exact) mass is 419 g/mol. The van der Waals surface area contributed by atoms with Crippen LogP contribution in [0.2, 0.25) is 0 Å². The number of aromatic nitrogens is 3. The van der Waals surface area contributed by atoms with Gasteiger partial charge in [-0.15, -0.1) is 0 Å². The minimum absolute atomic E-state index is 0.0458. The molecule has 0 unspecified atom stereocenters. The molecule has 0 aliphatic carbocycles. The largest absolute Gasteiger partial charge is 0.488 e. The number of benzene rings is 3. The number of hydrogen-bond acceptors (Lipinski definition) is 6. The highest BCUT2D eigenvalue weighted by Gasteiger charge is 2.09. The lowest BCUT2D eigenvalue weighted by Crippen LogP contribution is -2.01. The Morgan fingerprint density at radius 1 is 1.20 bits per heavy atom. The second-order valence-corrected chi connectivity index (χ2v) is 6.93. The van der Waals surface area contributed by atoms with Crippen LogP contribution in [-0.4, -0.2) is 26.0 Å². The molecule has 0 radical (unpaired) electrons. The predicted molar refractivity (Wildman–Crippen MR) is 117 cm³/mol. The van der Waals surface area contributed by atoms with Crippen LogP contribution in [-0.2, 0) is 6.61 Å². The second kappa shape index (κ2) is 8.26. The van der Waals surface area contributed by atoms with Crippen molar-refractivity contribution in [2.45, 2.75) is 13.5 Å². The first-order chi connectivity index (χ1) is 14.5. The quantitative estimate of drug-likeness (QED) is 0.210. The molecule has 0 spiro atoms. The molecule has 0 fully saturated rings. The summed E-state index contributed by atoms with van der Waals surface area (Å²) in [4.78, 5) is 10.4. The van der Waals surface area contributed by atoms with E-state index in [2.05, 4.69) is 15.3 Å². The molecular weight excluding hydrogens is 402 g/mol. The summed E-state index contributed by atoms with van der Waals surface area (Å²) < 4.78 is 7.98. The van der Waals surface area contributed by atoms with E-state index in [0.29, 0.717) is 16.3 Å². The molecule has 0 amide bonds. The fourth-order valence-corrected chi connectivity index (χ4v) is 3.26. The number of nitrogens with zero attached hydrogens (tertiary/aromatic N) is 4. The molecule has 0 aliphatic rings. The van der Waals surface area contributed by atoms with Gasteiger partial charge < -0.3 is 4.74 Å². The van der Waals surface area contributed by atoms with E-state index in [0.717, 1.165) is 21.9 Å². The molecule has 9 heteroatoms. The van der Waals surface area contributed by atoms with E-state index >= 15 is 0 Å². The van der Waals surface area contributed by atoms with Gasteiger partial charge in [-0.2, -0.15) is 14.9 Å². The maximum atomic E-state index is 10.8. The number of hydrogen-bond donors (Lipinski definition) is 1. The first-order valence-electron chi connectivity index (χ1n) is 9.09. The molecule has 0 saturated heterocycles. The van der Waals surface area contributed by atoms with Gasteiger partial charge in [0, 0.05) is 17.7 Å². The molecule has 150 valence electrons. The highest BCUT2D eigenvalue weighted by molar-refractivity contribution is 7.71. The van der Waals surface area contributed by atoms with Crippen LogP contribution in [0.4, 0.5) is 5.69 Å². The van der Waals surface area contributed by atoms with Crippen LogP contribution in [0.3, 0.4) is 0 Å². The van der Waals surface area contributed by atoms with E-state index in [-0.39, 0.29) is 12.3 Å². The summed E-state index contributed by atoms with van der Waals surface area (Å²) in [6, 6.07) is 18.1. The van der Waals surface area contributed by atoms with E-state index in [9.17, 15) is 10.1 Å². The molecule has 1 aromatic heterocycles. The molecule has 0 aliphatic heterocycles. The molecule has 30 heavy (non-hydrogen) atoms. The number of nitrogens with one attached hydrogen (secondary N) is 1. The number of aryl methyl sites for hydroxylation is 1. The average Bonchev–Trinajstić information content (AvgIpc) is 3.08. The molecule has 3 aromatic carbocycles. The Bertz CT molecular complexity index is 1310. The highest BCUT2D eigenvalue weighted by atomic mass is 32.1. The van der Waals surface area contributed by atoms with Crippen LogP contribution < -0.4 is 4.74 Å². The fourth-order valence-electron chi connectivity index (χ4n) is 3.03. The molecule has 1 N–H and O–H groups in total. The number of fused-ring (bicyclic) bond motifs is 1. The number of H-pyrrole nitrogens is 1. The Morgan fingerprint density at radius 3 is 2.67 bits per heavy atom. The van der Waals surface area contributed by atoms with Crippen molar-refractivity contribution in [3.05, 3.63) is 92.5 Å². The second-order valence-electron chi connectivity index (χ2n) is 6.54. The van der Waals surface area contributed by atoms with Crippen molar-refractivity contribution in [1.29, 1.82) is 0 Å². The van der Waals surface area contributed by atoms with Gasteiger partial charge in [0.25, 0.3) is 5.69 Å². The summed E-state index contributed by atoms with van der Waals surface area (Å²) in [7, 11) is 0. The first-order valence-corrected chi connectivity index (χ1v) is 9.50. The third kappa shape index (κ3) is 3.96. The maximum Gasteiger partial charge on any atom is 0.269 e. The molecule has 0 bridgehead atoms. The van der Waals surface area contributed by atoms with Crippen LogP contribution >= 0.6 is 12.2 Å². The van der Waals surface area contributed by atoms with Gasteiger partial charge in [0.05, 0.1) is 11.1 Å². The lowest BCUT2D eigenvalue weighted by molar-refractivity contribution is -0.384. The number of non-ortho nitro benzene ring substituents is 1. The predicted octanol–water partition coefficient (Wildman–Crippen LogP) is 4.77. The fraction of sp³-hybridized carbons (Fsp3) is 0.0952. The van der Waals surface area contributed by atoms with E-state index in [1.54, 1.807) is 25.3 Å². The van der Waals surface area contributed by atoms with Crippen LogP contribution in [0.25, 0.3) is 10.8 Å². The Balaban J connectivity index is 1.68. The third-order valence-corrected chi connectivity index (χ3v) is 4.85. The number of nitro groups is 1. The van der Waals surface area contributed by atoms with E-state index in [1.807, 2.05) is 36.4 Å². The van der Waals surface area contributed by atoms with Gasteiger partial charge in [-0.1, -0.05) is 30.3 Å². The Hall–Kier alpha value is -3.85. The van der Waals surface area contributed by atoms with Crippen LogP contribution in [0.5, 0.6) is 5.75 Å². The average molecular weight is 419 g/mol. The highest BCUT2D eigenvalue weighted by Crippen LogP contribution is 2.27. The van der Waals surface area contributed by atoms with Crippen molar-refractivity contribution in [2.75, 3.05) is 0 Å². The van der Waals surface area contributed by atoms with Gasteiger partial charge in [-0.3, -0.25) is 15.2 Å². The number of rotatable bonds is 6. The molecule has 4 rings (SSSR count). The minimum atomic E-state index is -0.425. The zero-order valence-electron chi connectivity index (χ0n) is 16.0. The summed E-state index contributed by atoms with van der Waals surface area (Å²) in [6.07, 6.45) is 1.70. The summed E-state index contributed by atoms with van der Waals surface area (Å²) in [5, 5.41) is 24.1. The lowest BCUT2D eigenvalue weighted by Gasteiger charge is -2.12. The van der Waals surface area contributed by atoms with E-state index in [4.69, 9.17) is 17.0 Å². The first kappa shape index (κ1) is 19.5.